The molecule has 0 bridgehead atoms. The fraction of sp³-hybridized carbons (Fsp3) is 0.727. The minimum absolute atomic E-state index is 0.0168. The molecule has 0 unspecified atom stereocenters. The normalized spacial score (nSPS) is 31.2. The second-order valence-electron chi connectivity index (χ2n) is 4.82. The molecule has 0 aliphatic carbocycles. The Balaban J connectivity index is 1.88. The molecule has 0 aromatic heterocycles. The first-order valence-corrected chi connectivity index (χ1v) is 5.44. The van der Waals surface area contributed by atoms with Crippen molar-refractivity contribution < 1.29 is 14.3 Å². The van der Waals surface area contributed by atoms with E-state index in [0.29, 0.717) is 6.42 Å². The van der Waals surface area contributed by atoms with Crippen molar-refractivity contribution in [1.29, 1.82) is 0 Å². The summed E-state index contributed by atoms with van der Waals surface area (Å²) in [6, 6.07) is 0. The van der Waals surface area contributed by atoms with Gasteiger partial charge in [0.2, 0.25) is 0 Å². The molecule has 0 N–H and O–H groups in total. The van der Waals surface area contributed by atoms with Gasteiger partial charge in [-0.05, 0) is 26.7 Å². The molecule has 1 spiro atoms. The monoisotopic (exact) mass is 209 g/mol. The van der Waals surface area contributed by atoms with Gasteiger partial charge < -0.3 is 14.4 Å². The lowest BCUT2D eigenvalue weighted by atomic mass is 10.0. The average molecular weight is 209 g/mol. The minimum atomic E-state index is -1.00. The molecule has 0 saturated carbocycles. The molecule has 4 heteroatoms. The summed E-state index contributed by atoms with van der Waals surface area (Å²) in [5.41, 5.74) is 1.14. The number of ether oxygens (including phenoxy) is 2. The number of amides is 1. The van der Waals surface area contributed by atoms with Crippen molar-refractivity contribution in [3.63, 3.8) is 0 Å². The van der Waals surface area contributed by atoms with Crippen LogP contribution in [0.1, 0.15) is 33.1 Å². The Morgan fingerprint density at radius 2 is 2.13 bits per heavy atom. The SMILES string of the molecule is CC1(C)OC2(CC=C3CCCN3C2=O)O1. The minimum Gasteiger partial charge on any atom is -0.312 e. The maximum Gasteiger partial charge on any atom is 0.287 e. The number of nitrogens with zero attached hydrogens (tertiary/aromatic N) is 1. The van der Waals surface area contributed by atoms with Crippen LogP contribution in [-0.2, 0) is 14.3 Å². The number of carbonyl (C=O) groups excluding carboxylic acids is 1. The molecule has 15 heavy (non-hydrogen) atoms. The van der Waals surface area contributed by atoms with Crippen LogP contribution in [0.5, 0.6) is 0 Å². The van der Waals surface area contributed by atoms with Gasteiger partial charge in [0, 0.05) is 18.7 Å². The van der Waals surface area contributed by atoms with E-state index in [9.17, 15) is 4.79 Å². The van der Waals surface area contributed by atoms with Gasteiger partial charge in [0.25, 0.3) is 11.7 Å². The standard InChI is InChI=1S/C11H15NO3/c1-10(2)14-11(15-10)6-5-8-4-3-7-12(8)9(11)13/h5H,3-4,6-7H2,1-2H3. The Morgan fingerprint density at radius 3 is 2.80 bits per heavy atom. The topological polar surface area (TPSA) is 38.8 Å². The Labute approximate surface area is 88.8 Å². The summed E-state index contributed by atoms with van der Waals surface area (Å²) in [5.74, 6) is -1.63. The van der Waals surface area contributed by atoms with Crippen LogP contribution in [0.2, 0.25) is 0 Å². The van der Waals surface area contributed by atoms with E-state index in [0.717, 1.165) is 25.1 Å². The molecule has 3 aliphatic heterocycles. The average Bonchev–Trinajstić information content (AvgIpc) is 2.56. The zero-order chi connectivity index (χ0) is 10.7. The van der Waals surface area contributed by atoms with Crippen LogP contribution in [0.3, 0.4) is 0 Å². The van der Waals surface area contributed by atoms with Gasteiger partial charge in [-0.1, -0.05) is 6.08 Å². The van der Waals surface area contributed by atoms with E-state index in [1.54, 1.807) is 4.90 Å². The smallest absolute Gasteiger partial charge is 0.287 e. The fourth-order valence-corrected chi connectivity index (χ4v) is 2.66. The van der Waals surface area contributed by atoms with Gasteiger partial charge in [-0.15, -0.1) is 0 Å². The van der Waals surface area contributed by atoms with Gasteiger partial charge in [-0.25, -0.2) is 0 Å². The van der Waals surface area contributed by atoms with Gasteiger partial charge >= 0.3 is 0 Å². The number of carbonyl (C=O) groups is 1. The van der Waals surface area contributed by atoms with Crippen molar-refractivity contribution in [2.75, 3.05) is 6.54 Å². The molecule has 2 fully saturated rings. The second kappa shape index (κ2) is 2.62. The summed E-state index contributed by atoms with van der Waals surface area (Å²) in [5, 5.41) is 0. The second-order valence-corrected chi connectivity index (χ2v) is 4.82. The quantitative estimate of drug-likeness (QED) is 0.605. The van der Waals surface area contributed by atoms with Crippen molar-refractivity contribution in [3.8, 4) is 0 Å². The van der Waals surface area contributed by atoms with Gasteiger partial charge in [-0.2, -0.15) is 0 Å². The number of rotatable bonds is 0. The van der Waals surface area contributed by atoms with E-state index in [-0.39, 0.29) is 5.91 Å². The van der Waals surface area contributed by atoms with Crippen LogP contribution in [0, 0.1) is 0 Å². The molecule has 0 atom stereocenters. The van der Waals surface area contributed by atoms with Crippen LogP contribution >= 0.6 is 0 Å². The van der Waals surface area contributed by atoms with Crippen molar-refractivity contribution in [3.05, 3.63) is 11.8 Å². The predicted octanol–water partition coefficient (Wildman–Crippen LogP) is 1.38. The third-order valence-electron chi connectivity index (χ3n) is 3.16. The Morgan fingerprint density at radius 1 is 1.40 bits per heavy atom. The van der Waals surface area contributed by atoms with Crippen molar-refractivity contribution >= 4 is 5.91 Å². The van der Waals surface area contributed by atoms with E-state index in [2.05, 4.69) is 6.08 Å². The first kappa shape index (κ1) is 9.36. The molecular weight excluding hydrogens is 194 g/mol. The first-order valence-electron chi connectivity index (χ1n) is 5.44. The zero-order valence-electron chi connectivity index (χ0n) is 9.08. The maximum atomic E-state index is 12.1. The molecule has 2 saturated heterocycles. The van der Waals surface area contributed by atoms with Gasteiger partial charge in [0.15, 0.2) is 5.79 Å². The largest absolute Gasteiger partial charge is 0.312 e. The van der Waals surface area contributed by atoms with Crippen molar-refractivity contribution in [2.24, 2.45) is 0 Å². The molecule has 3 aliphatic rings. The van der Waals surface area contributed by atoms with Gasteiger partial charge in [0.1, 0.15) is 0 Å². The number of hydrogen-bond donors (Lipinski definition) is 0. The lowest BCUT2D eigenvalue weighted by Crippen LogP contribution is -2.67. The summed E-state index contributed by atoms with van der Waals surface area (Å²) in [6.07, 6.45) is 4.69. The highest BCUT2D eigenvalue weighted by Crippen LogP contribution is 2.45. The molecule has 0 radical (unpaired) electrons. The fourth-order valence-electron chi connectivity index (χ4n) is 2.66. The van der Waals surface area contributed by atoms with Crippen LogP contribution in [0.25, 0.3) is 0 Å². The lowest BCUT2D eigenvalue weighted by Gasteiger charge is -2.53. The molecule has 3 rings (SSSR count). The molecule has 82 valence electrons. The van der Waals surface area contributed by atoms with Crippen LogP contribution in [-0.4, -0.2) is 28.9 Å². The van der Waals surface area contributed by atoms with Crippen molar-refractivity contribution in [1.82, 2.24) is 4.90 Å². The van der Waals surface area contributed by atoms with Crippen molar-refractivity contribution in [2.45, 2.75) is 44.7 Å². The molecule has 0 aromatic rings. The predicted molar refractivity (Wildman–Crippen MR) is 52.6 cm³/mol. The highest BCUT2D eigenvalue weighted by atomic mass is 16.9. The van der Waals surface area contributed by atoms with Crippen LogP contribution < -0.4 is 0 Å². The number of fused-ring (bicyclic) bond motifs is 1. The maximum absolute atomic E-state index is 12.1. The third-order valence-corrected chi connectivity index (χ3v) is 3.16. The first-order chi connectivity index (χ1) is 7.03. The summed E-state index contributed by atoms with van der Waals surface area (Å²) in [7, 11) is 0. The van der Waals surface area contributed by atoms with E-state index in [4.69, 9.17) is 9.47 Å². The van der Waals surface area contributed by atoms with E-state index in [1.165, 1.54) is 0 Å². The van der Waals surface area contributed by atoms with Crippen LogP contribution in [0.15, 0.2) is 11.8 Å². The highest BCUT2D eigenvalue weighted by Gasteiger charge is 2.60. The summed E-state index contributed by atoms with van der Waals surface area (Å²) in [4.78, 5) is 13.9. The Bertz CT molecular complexity index is 351. The van der Waals surface area contributed by atoms with E-state index in [1.807, 2.05) is 13.8 Å². The zero-order valence-corrected chi connectivity index (χ0v) is 9.08. The van der Waals surface area contributed by atoms with E-state index < -0.39 is 11.6 Å². The summed E-state index contributed by atoms with van der Waals surface area (Å²) < 4.78 is 11.2. The lowest BCUT2D eigenvalue weighted by molar-refractivity contribution is -0.477. The van der Waals surface area contributed by atoms with E-state index >= 15 is 0 Å². The molecular formula is C11H15NO3. The molecule has 3 heterocycles. The summed E-state index contributed by atoms with van der Waals surface area (Å²) in [6.45, 7) is 4.46. The third kappa shape index (κ3) is 1.18. The number of hydrogen-bond acceptors (Lipinski definition) is 3. The molecule has 4 nitrogen and oxygen atoms in total. The van der Waals surface area contributed by atoms with Crippen LogP contribution in [0.4, 0.5) is 0 Å². The Hall–Kier alpha value is -0.870. The highest BCUT2D eigenvalue weighted by molar-refractivity contribution is 5.87. The van der Waals surface area contributed by atoms with Gasteiger partial charge in [-0.3, -0.25) is 4.79 Å². The van der Waals surface area contributed by atoms with Gasteiger partial charge in [0.05, 0.1) is 0 Å². The molecule has 0 aromatic carbocycles. The number of allylic oxidation sites excluding steroid dienone is 1. The Kier molecular flexibility index (Phi) is 1.64. The molecule has 1 amide bonds. The summed E-state index contributed by atoms with van der Waals surface area (Å²) >= 11 is 0.